The molecule has 0 aliphatic carbocycles. The SMILES string of the molecule is Cc1cccc(CN2CCN(C(=O)C3CCCCN3)CC2)c1. The first-order valence-corrected chi connectivity index (χ1v) is 8.52. The van der Waals surface area contributed by atoms with Gasteiger partial charge in [-0.25, -0.2) is 0 Å². The number of piperidine rings is 1. The van der Waals surface area contributed by atoms with Gasteiger partial charge in [0.1, 0.15) is 0 Å². The Labute approximate surface area is 133 Å². The molecule has 0 radical (unpaired) electrons. The first-order valence-electron chi connectivity index (χ1n) is 8.52. The van der Waals surface area contributed by atoms with Crippen molar-refractivity contribution in [2.45, 2.75) is 38.8 Å². The molecule has 1 N–H and O–H groups in total. The Bertz CT molecular complexity index is 503. The van der Waals surface area contributed by atoms with Crippen LogP contribution in [0.15, 0.2) is 24.3 Å². The van der Waals surface area contributed by atoms with Gasteiger partial charge < -0.3 is 10.2 Å². The average Bonchev–Trinajstić information content (AvgIpc) is 2.56. The van der Waals surface area contributed by atoms with E-state index in [9.17, 15) is 4.79 Å². The van der Waals surface area contributed by atoms with Crippen molar-refractivity contribution in [3.05, 3.63) is 35.4 Å². The lowest BCUT2D eigenvalue weighted by molar-refractivity contribution is -0.135. The van der Waals surface area contributed by atoms with Gasteiger partial charge in [0.2, 0.25) is 5.91 Å². The number of nitrogens with zero attached hydrogens (tertiary/aromatic N) is 2. The predicted molar refractivity (Wildman–Crippen MR) is 88.7 cm³/mol. The van der Waals surface area contributed by atoms with Crippen molar-refractivity contribution in [1.29, 1.82) is 0 Å². The van der Waals surface area contributed by atoms with Gasteiger partial charge in [-0.3, -0.25) is 9.69 Å². The van der Waals surface area contributed by atoms with Crippen molar-refractivity contribution in [3.63, 3.8) is 0 Å². The lowest BCUT2D eigenvalue weighted by atomic mass is 10.0. The van der Waals surface area contributed by atoms with Gasteiger partial charge in [0.25, 0.3) is 0 Å². The second kappa shape index (κ2) is 7.25. The van der Waals surface area contributed by atoms with Crippen molar-refractivity contribution in [1.82, 2.24) is 15.1 Å². The summed E-state index contributed by atoms with van der Waals surface area (Å²) >= 11 is 0. The highest BCUT2D eigenvalue weighted by Gasteiger charge is 2.28. The molecule has 2 heterocycles. The average molecular weight is 301 g/mol. The maximum Gasteiger partial charge on any atom is 0.239 e. The molecule has 1 amide bonds. The second-order valence-electron chi connectivity index (χ2n) is 6.59. The van der Waals surface area contributed by atoms with E-state index in [2.05, 4.69) is 46.3 Å². The zero-order valence-electron chi connectivity index (χ0n) is 13.6. The highest BCUT2D eigenvalue weighted by atomic mass is 16.2. The third kappa shape index (κ3) is 3.87. The van der Waals surface area contributed by atoms with Gasteiger partial charge in [-0.15, -0.1) is 0 Å². The van der Waals surface area contributed by atoms with Crippen molar-refractivity contribution in [2.75, 3.05) is 32.7 Å². The van der Waals surface area contributed by atoms with E-state index in [1.165, 1.54) is 24.0 Å². The molecule has 4 heteroatoms. The van der Waals surface area contributed by atoms with E-state index >= 15 is 0 Å². The van der Waals surface area contributed by atoms with Crippen LogP contribution in [0.2, 0.25) is 0 Å². The Balaban J connectivity index is 1.48. The maximum absolute atomic E-state index is 12.5. The Morgan fingerprint density at radius 1 is 1.23 bits per heavy atom. The minimum Gasteiger partial charge on any atom is -0.339 e. The Morgan fingerprint density at radius 2 is 2.05 bits per heavy atom. The van der Waals surface area contributed by atoms with Crippen molar-refractivity contribution >= 4 is 5.91 Å². The normalized spacial score (nSPS) is 23.5. The quantitative estimate of drug-likeness (QED) is 0.924. The number of carbonyl (C=O) groups is 1. The Morgan fingerprint density at radius 3 is 2.73 bits per heavy atom. The molecule has 1 aromatic rings. The van der Waals surface area contributed by atoms with E-state index in [1.807, 2.05) is 0 Å². The van der Waals surface area contributed by atoms with E-state index in [-0.39, 0.29) is 6.04 Å². The van der Waals surface area contributed by atoms with E-state index in [0.29, 0.717) is 5.91 Å². The third-order valence-electron chi connectivity index (χ3n) is 4.78. The Kier molecular flexibility index (Phi) is 5.11. The topological polar surface area (TPSA) is 35.6 Å². The number of hydrogen-bond acceptors (Lipinski definition) is 3. The molecule has 2 aliphatic rings. The minimum absolute atomic E-state index is 0.0667. The van der Waals surface area contributed by atoms with Crippen molar-refractivity contribution in [2.24, 2.45) is 0 Å². The lowest BCUT2D eigenvalue weighted by Gasteiger charge is -2.37. The molecule has 1 unspecified atom stereocenters. The maximum atomic E-state index is 12.5. The van der Waals surface area contributed by atoms with Gasteiger partial charge >= 0.3 is 0 Å². The molecule has 2 aliphatic heterocycles. The van der Waals surface area contributed by atoms with E-state index < -0.39 is 0 Å². The molecule has 0 saturated carbocycles. The number of piperazine rings is 1. The molecular weight excluding hydrogens is 274 g/mol. The number of aryl methyl sites for hydroxylation is 1. The van der Waals surface area contributed by atoms with Crippen LogP contribution in [0, 0.1) is 6.92 Å². The fourth-order valence-corrected chi connectivity index (χ4v) is 3.48. The van der Waals surface area contributed by atoms with E-state index in [4.69, 9.17) is 0 Å². The fourth-order valence-electron chi connectivity index (χ4n) is 3.48. The van der Waals surface area contributed by atoms with Crippen LogP contribution < -0.4 is 5.32 Å². The minimum atomic E-state index is 0.0667. The zero-order valence-corrected chi connectivity index (χ0v) is 13.6. The van der Waals surface area contributed by atoms with Gasteiger partial charge in [0.15, 0.2) is 0 Å². The number of carbonyl (C=O) groups excluding carboxylic acids is 1. The smallest absolute Gasteiger partial charge is 0.239 e. The molecule has 1 aromatic carbocycles. The van der Waals surface area contributed by atoms with E-state index in [0.717, 1.165) is 45.7 Å². The summed E-state index contributed by atoms with van der Waals surface area (Å²) in [6, 6.07) is 8.77. The molecule has 2 saturated heterocycles. The molecule has 0 bridgehead atoms. The molecule has 4 nitrogen and oxygen atoms in total. The summed E-state index contributed by atoms with van der Waals surface area (Å²) in [7, 11) is 0. The number of hydrogen-bond donors (Lipinski definition) is 1. The van der Waals surface area contributed by atoms with Crippen LogP contribution in [0.3, 0.4) is 0 Å². The summed E-state index contributed by atoms with van der Waals surface area (Å²) in [6.45, 7) is 7.80. The zero-order chi connectivity index (χ0) is 15.4. The number of amides is 1. The monoisotopic (exact) mass is 301 g/mol. The number of benzene rings is 1. The van der Waals surface area contributed by atoms with Crippen LogP contribution >= 0.6 is 0 Å². The van der Waals surface area contributed by atoms with Gasteiger partial charge in [-0.2, -0.15) is 0 Å². The predicted octanol–water partition coefficient (Wildman–Crippen LogP) is 1.78. The molecule has 0 spiro atoms. The van der Waals surface area contributed by atoms with E-state index in [1.54, 1.807) is 0 Å². The van der Waals surface area contributed by atoms with Crippen LogP contribution in [0.4, 0.5) is 0 Å². The van der Waals surface area contributed by atoms with Gasteiger partial charge in [-0.05, 0) is 31.9 Å². The van der Waals surface area contributed by atoms with Crippen molar-refractivity contribution in [3.8, 4) is 0 Å². The van der Waals surface area contributed by atoms with Crippen LogP contribution in [0.5, 0.6) is 0 Å². The molecular formula is C18H27N3O. The summed E-state index contributed by atoms with van der Waals surface area (Å²) in [6.07, 6.45) is 3.38. The fraction of sp³-hybridized carbons (Fsp3) is 0.611. The summed E-state index contributed by atoms with van der Waals surface area (Å²) in [5.41, 5.74) is 2.68. The lowest BCUT2D eigenvalue weighted by Crippen LogP contribution is -2.54. The molecule has 0 aromatic heterocycles. The summed E-state index contributed by atoms with van der Waals surface area (Å²) < 4.78 is 0. The summed E-state index contributed by atoms with van der Waals surface area (Å²) in [5.74, 6) is 0.315. The van der Waals surface area contributed by atoms with Crippen LogP contribution in [0.1, 0.15) is 30.4 Å². The Hall–Kier alpha value is -1.39. The largest absolute Gasteiger partial charge is 0.339 e. The second-order valence-corrected chi connectivity index (χ2v) is 6.59. The molecule has 120 valence electrons. The first kappa shape index (κ1) is 15.5. The van der Waals surface area contributed by atoms with Gasteiger partial charge in [0.05, 0.1) is 6.04 Å². The number of rotatable bonds is 3. The van der Waals surface area contributed by atoms with Crippen LogP contribution in [-0.4, -0.2) is 54.5 Å². The molecule has 22 heavy (non-hydrogen) atoms. The van der Waals surface area contributed by atoms with Crippen LogP contribution in [-0.2, 0) is 11.3 Å². The highest BCUT2D eigenvalue weighted by molar-refractivity contribution is 5.82. The number of nitrogens with one attached hydrogen (secondary N) is 1. The standard InChI is InChI=1S/C18H27N3O/c1-15-5-4-6-16(13-15)14-20-9-11-21(12-10-20)18(22)17-7-2-3-8-19-17/h4-6,13,17,19H,2-3,7-12,14H2,1H3. The first-order chi connectivity index (χ1) is 10.7. The molecule has 2 fully saturated rings. The van der Waals surface area contributed by atoms with Crippen molar-refractivity contribution < 1.29 is 4.79 Å². The van der Waals surface area contributed by atoms with Gasteiger partial charge in [0, 0.05) is 32.7 Å². The highest BCUT2D eigenvalue weighted by Crippen LogP contribution is 2.14. The van der Waals surface area contributed by atoms with Gasteiger partial charge in [-0.1, -0.05) is 36.2 Å². The molecule has 1 atom stereocenters. The molecule has 3 rings (SSSR count). The summed E-state index contributed by atoms with van der Waals surface area (Å²) in [5, 5.41) is 3.37. The van der Waals surface area contributed by atoms with Crippen LogP contribution in [0.25, 0.3) is 0 Å². The summed E-state index contributed by atoms with van der Waals surface area (Å²) in [4.78, 5) is 17.0. The third-order valence-corrected chi connectivity index (χ3v) is 4.78.